The Morgan fingerprint density at radius 2 is 1.79 bits per heavy atom. The number of likely N-dealkylation sites (tertiary alicyclic amines) is 1. The summed E-state index contributed by atoms with van der Waals surface area (Å²) in [5.74, 6) is 0.801. The molecule has 0 aliphatic carbocycles. The zero-order valence-electron chi connectivity index (χ0n) is 15.0. The van der Waals surface area contributed by atoms with Crippen LogP contribution in [0.2, 0.25) is 0 Å². The summed E-state index contributed by atoms with van der Waals surface area (Å²) in [4.78, 5) is 25.7. The Morgan fingerprint density at radius 3 is 2.38 bits per heavy atom. The van der Waals surface area contributed by atoms with Gasteiger partial charge in [-0.05, 0) is 48.6 Å². The minimum atomic E-state index is -0.860. The topological polar surface area (TPSA) is 57.6 Å². The molecule has 1 aromatic rings. The van der Waals surface area contributed by atoms with Gasteiger partial charge in [0.15, 0.2) is 0 Å². The molecule has 1 aromatic carbocycles. The van der Waals surface area contributed by atoms with Gasteiger partial charge < -0.3 is 10.0 Å². The van der Waals surface area contributed by atoms with Crippen LogP contribution in [0.1, 0.15) is 56.0 Å². The van der Waals surface area contributed by atoms with Gasteiger partial charge in [0.1, 0.15) is 0 Å². The summed E-state index contributed by atoms with van der Waals surface area (Å²) in [6, 6.07) is 7.24. The Balaban J connectivity index is 1.87. The maximum atomic E-state index is 12.4. The summed E-state index contributed by atoms with van der Waals surface area (Å²) in [5, 5.41) is 9.29. The number of hydrogen-bond donors (Lipinski definition) is 1. The predicted molar refractivity (Wildman–Crippen MR) is 95.0 cm³/mol. The van der Waals surface area contributed by atoms with E-state index in [9.17, 15) is 14.7 Å². The molecule has 0 saturated carbocycles. The summed E-state index contributed by atoms with van der Waals surface area (Å²) in [7, 11) is 0. The molecule has 0 radical (unpaired) electrons. The third-order valence-electron chi connectivity index (χ3n) is 5.36. The van der Waals surface area contributed by atoms with Crippen molar-refractivity contribution in [3.05, 3.63) is 35.4 Å². The molecule has 1 heterocycles. The highest BCUT2D eigenvalue weighted by Crippen LogP contribution is 2.25. The molecule has 0 spiro atoms. The van der Waals surface area contributed by atoms with Crippen LogP contribution in [0.25, 0.3) is 0 Å². The molecule has 1 N–H and O–H groups in total. The maximum absolute atomic E-state index is 12.4. The number of benzene rings is 1. The van der Waals surface area contributed by atoms with Crippen LogP contribution in [-0.2, 0) is 11.2 Å². The van der Waals surface area contributed by atoms with Gasteiger partial charge in [0.2, 0.25) is 5.91 Å². The van der Waals surface area contributed by atoms with Gasteiger partial charge in [-0.2, -0.15) is 0 Å². The molecule has 4 heteroatoms. The number of carbonyl (C=O) groups excluding carboxylic acids is 1. The molecule has 24 heavy (non-hydrogen) atoms. The van der Waals surface area contributed by atoms with E-state index in [-0.39, 0.29) is 5.91 Å². The fourth-order valence-electron chi connectivity index (χ4n) is 3.24. The van der Waals surface area contributed by atoms with E-state index in [2.05, 4.69) is 20.8 Å². The average molecular weight is 331 g/mol. The lowest BCUT2D eigenvalue weighted by atomic mass is 9.87. The van der Waals surface area contributed by atoms with Crippen LogP contribution in [0.4, 0.5) is 0 Å². The van der Waals surface area contributed by atoms with Crippen molar-refractivity contribution in [1.29, 1.82) is 0 Å². The van der Waals surface area contributed by atoms with Gasteiger partial charge in [-0.1, -0.05) is 39.0 Å². The summed E-state index contributed by atoms with van der Waals surface area (Å²) < 4.78 is 0. The van der Waals surface area contributed by atoms with Gasteiger partial charge in [0.05, 0.1) is 5.56 Å². The molecule has 4 nitrogen and oxygen atoms in total. The van der Waals surface area contributed by atoms with E-state index in [4.69, 9.17) is 0 Å². The molecule has 1 atom stereocenters. The first-order chi connectivity index (χ1) is 11.4. The van der Waals surface area contributed by atoms with Gasteiger partial charge in [0, 0.05) is 19.5 Å². The van der Waals surface area contributed by atoms with Gasteiger partial charge in [0.25, 0.3) is 0 Å². The molecule has 1 saturated heterocycles. The number of carboxylic acid groups (broad SMARTS) is 1. The van der Waals surface area contributed by atoms with Crippen molar-refractivity contribution < 1.29 is 14.7 Å². The zero-order chi connectivity index (χ0) is 17.7. The Labute approximate surface area is 144 Å². The van der Waals surface area contributed by atoms with E-state index < -0.39 is 5.97 Å². The van der Waals surface area contributed by atoms with Crippen LogP contribution in [0, 0.1) is 17.8 Å². The van der Waals surface area contributed by atoms with E-state index in [1.807, 2.05) is 17.0 Å². The first kappa shape index (κ1) is 18.5. The molecule has 1 amide bonds. The zero-order valence-corrected chi connectivity index (χ0v) is 15.0. The van der Waals surface area contributed by atoms with E-state index in [1.54, 1.807) is 12.1 Å². The largest absolute Gasteiger partial charge is 0.478 e. The first-order valence-electron chi connectivity index (χ1n) is 8.97. The molecule has 1 unspecified atom stereocenters. The monoisotopic (exact) mass is 331 g/mol. The number of rotatable bonds is 6. The van der Waals surface area contributed by atoms with Crippen molar-refractivity contribution in [2.75, 3.05) is 13.1 Å². The van der Waals surface area contributed by atoms with Crippen LogP contribution in [0.15, 0.2) is 24.3 Å². The number of carbonyl (C=O) groups is 2. The highest BCUT2D eigenvalue weighted by Gasteiger charge is 2.25. The van der Waals surface area contributed by atoms with Crippen molar-refractivity contribution in [2.45, 2.75) is 46.5 Å². The molecule has 132 valence electrons. The van der Waals surface area contributed by atoms with Crippen molar-refractivity contribution in [3.8, 4) is 0 Å². The summed E-state index contributed by atoms with van der Waals surface area (Å²) in [6.45, 7) is 8.04. The first-order valence-corrected chi connectivity index (χ1v) is 8.97. The van der Waals surface area contributed by atoms with Crippen LogP contribution >= 0.6 is 0 Å². The number of piperidine rings is 1. The quantitative estimate of drug-likeness (QED) is 0.861. The van der Waals surface area contributed by atoms with E-state index in [1.165, 1.54) is 0 Å². The maximum Gasteiger partial charge on any atom is 0.335 e. The van der Waals surface area contributed by atoms with Crippen molar-refractivity contribution in [3.63, 3.8) is 0 Å². The number of nitrogens with zero attached hydrogens (tertiary/aromatic N) is 1. The van der Waals surface area contributed by atoms with Gasteiger partial charge in [-0.15, -0.1) is 0 Å². The molecule has 1 fully saturated rings. The lowest BCUT2D eigenvalue weighted by molar-refractivity contribution is -0.133. The van der Waals surface area contributed by atoms with Gasteiger partial charge in [-0.25, -0.2) is 4.79 Å². The Bertz CT molecular complexity index is 574. The molecule has 0 bridgehead atoms. The SMILES string of the molecule is CC(C)C(C)CC(=O)N1CCC(Cc2ccccc2C(=O)O)CC1. The van der Waals surface area contributed by atoms with Crippen molar-refractivity contribution >= 4 is 11.9 Å². The van der Waals surface area contributed by atoms with Crippen LogP contribution in [-0.4, -0.2) is 35.0 Å². The van der Waals surface area contributed by atoms with E-state index >= 15 is 0 Å². The number of carboxylic acids is 1. The summed E-state index contributed by atoms with van der Waals surface area (Å²) in [6.07, 6.45) is 3.32. The Hall–Kier alpha value is -1.84. The number of amides is 1. The third kappa shape index (κ3) is 4.83. The Morgan fingerprint density at radius 1 is 1.17 bits per heavy atom. The highest BCUT2D eigenvalue weighted by atomic mass is 16.4. The van der Waals surface area contributed by atoms with Crippen LogP contribution < -0.4 is 0 Å². The molecule has 0 aromatic heterocycles. The van der Waals surface area contributed by atoms with Crippen LogP contribution in [0.5, 0.6) is 0 Å². The minimum Gasteiger partial charge on any atom is -0.478 e. The molecular weight excluding hydrogens is 302 g/mol. The average Bonchev–Trinajstić information content (AvgIpc) is 2.55. The molecular formula is C20H29NO3. The number of aromatic carboxylic acids is 1. The smallest absolute Gasteiger partial charge is 0.335 e. The molecule has 2 rings (SSSR count). The van der Waals surface area contributed by atoms with E-state index in [0.29, 0.717) is 29.7 Å². The second kappa shape index (κ2) is 8.32. The van der Waals surface area contributed by atoms with Crippen molar-refractivity contribution in [1.82, 2.24) is 4.90 Å². The van der Waals surface area contributed by atoms with Crippen molar-refractivity contribution in [2.24, 2.45) is 17.8 Å². The lowest BCUT2D eigenvalue weighted by Crippen LogP contribution is -2.39. The number of hydrogen-bond acceptors (Lipinski definition) is 2. The standard InChI is InChI=1S/C20H29NO3/c1-14(2)15(3)12-19(22)21-10-8-16(9-11-21)13-17-6-4-5-7-18(17)20(23)24/h4-7,14-16H,8-13H2,1-3H3,(H,23,24). The predicted octanol–water partition coefficient (Wildman–Crippen LogP) is 3.85. The van der Waals surface area contributed by atoms with Crippen LogP contribution in [0.3, 0.4) is 0 Å². The summed E-state index contributed by atoms with van der Waals surface area (Å²) >= 11 is 0. The van der Waals surface area contributed by atoms with Gasteiger partial charge in [-0.3, -0.25) is 4.79 Å². The second-order valence-corrected chi connectivity index (χ2v) is 7.42. The lowest BCUT2D eigenvalue weighted by Gasteiger charge is -2.33. The normalized spacial score (nSPS) is 17.1. The fourth-order valence-corrected chi connectivity index (χ4v) is 3.24. The molecule has 1 aliphatic rings. The van der Waals surface area contributed by atoms with Gasteiger partial charge >= 0.3 is 5.97 Å². The highest BCUT2D eigenvalue weighted by molar-refractivity contribution is 5.89. The summed E-state index contributed by atoms with van der Waals surface area (Å²) in [5.41, 5.74) is 1.31. The fraction of sp³-hybridized carbons (Fsp3) is 0.600. The Kier molecular flexibility index (Phi) is 6.41. The third-order valence-corrected chi connectivity index (χ3v) is 5.36. The second-order valence-electron chi connectivity index (χ2n) is 7.42. The molecule has 1 aliphatic heterocycles. The minimum absolute atomic E-state index is 0.264. The van der Waals surface area contributed by atoms with E-state index in [0.717, 1.165) is 37.9 Å².